The van der Waals surface area contributed by atoms with E-state index in [0.29, 0.717) is 17.1 Å². The maximum absolute atomic E-state index is 12.4. The molecule has 3 rings (SSSR count). The number of hydrogen-bond donors (Lipinski definition) is 2. The smallest absolute Gasteiger partial charge is 0.242 e. The molecule has 1 heterocycles. The van der Waals surface area contributed by atoms with E-state index in [2.05, 4.69) is 27.7 Å². The third-order valence-electron chi connectivity index (χ3n) is 3.51. The number of aryl methyl sites for hydroxylation is 1. The molecule has 1 saturated carbocycles. The van der Waals surface area contributed by atoms with E-state index in [0.717, 1.165) is 12.8 Å². The van der Waals surface area contributed by atoms with E-state index >= 15 is 0 Å². The van der Waals surface area contributed by atoms with Crippen molar-refractivity contribution in [2.45, 2.75) is 37.2 Å². The molecule has 0 aliphatic heterocycles. The molecule has 0 spiro atoms. The third kappa shape index (κ3) is 3.45. The fourth-order valence-electron chi connectivity index (χ4n) is 2.09. The lowest BCUT2D eigenvalue weighted by molar-refractivity contribution is 0.581. The van der Waals surface area contributed by atoms with Crippen molar-refractivity contribution in [2.75, 3.05) is 5.32 Å². The van der Waals surface area contributed by atoms with E-state index in [-0.39, 0.29) is 6.04 Å². The largest absolute Gasteiger partial charge is 0.380 e. The van der Waals surface area contributed by atoms with Crippen LogP contribution in [0.2, 0.25) is 0 Å². The zero-order valence-electron chi connectivity index (χ0n) is 11.8. The predicted molar refractivity (Wildman–Crippen MR) is 86.2 cm³/mol. The van der Waals surface area contributed by atoms with E-state index in [9.17, 15) is 8.42 Å². The van der Waals surface area contributed by atoms with Crippen molar-refractivity contribution >= 4 is 27.0 Å². The minimum absolute atomic E-state index is 0.113. The van der Waals surface area contributed by atoms with Gasteiger partial charge >= 0.3 is 0 Å². The molecular weight excluding hydrogens is 304 g/mol. The first-order valence-electron chi connectivity index (χ1n) is 6.93. The zero-order chi connectivity index (χ0) is 14.9. The highest BCUT2D eigenvalue weighted by Crippen LogP contribution is 2.26. The van der Waals surface area contributed by atoms with Crippen molar-refractivity contribution in [2.24, 2.45) is 0 Å². The second-order valence-electron chi connectivity index (χ2n) is 5.33. The van der Waals surface area contributed by atoms with Gasteiger partial charge in [0, 0.05) is 12.6 Å². The Bertz CT molecular complexity index is 734. The molecule has 21 heavy (non-hydrogen) atoms. The highest BCUT2D eigenvalue weighted by atomic mass is 32.2. The molecule has 0 unspecified atom stereocenters. The van der Waals surface area contributed by atoms with Crippen LogP contribution in [0.3, 0.4) is 0 Å². The minimum Gasteiger partial charge on any atom is -0.380 e. The monoisotopic (exact) mass is 322 g/mol. The number of anilines is 1. The number of nitrogens with one attached hydrogen (secondary N) is 2. The van der Waals surface area contributed by atoms with E-state index < -0.39 is 10.0 Å². The summed E-state index contributed by atoms with van der Waals surface area (Å²) in [6.45, 7) is 2.69. The van der Waals surface area contributed by atoms with Crippen molar-refractivity contribution in [1.29, 1.82) is 0 Å². The maximum Gasteiger partial charge on any atom is 0.242 e. The predicted octanol–water partition coefficient (Wildman–Crippen LogP) is 3.11. The first-order chi connectivity index (χ1) is 10.1. The normalized spacial score (nSPS) is 15.1. The fraction of sp³-hybridized carbons (Fsp3) is 0.333. The highest BCUT2D eigenvalue weighted by Gasteiger charge is 2.29. The molecule has 2 N–H and O–H groups in total. The Kier molecular flexibility index (Phi) is 4.01. The van der Waals surface area contributed by atoms with Crippen molar-refractivity contribution in [3.05, 3.63) is 46.2 Å². The summed E-state index contributed by atoms with van der Waals surface area (Å²) in [5, 5.41) is 7.42. The van der Waals surface area contributed by atoms with Gasteiger partial charge in [0.25, 0.3) is 0 Å². The summed E-state index contributed by atoms with van der Waals surface area (Å²) in [5.41, 5.74) is 3.07. The molecule has 0 saturated heterocycles. The van der Waals surface area contributed by atoms with Gasteiger partial charge in [0.1, 0.15) is 4.90 Å². The first-order valence-corrected chi connectivity index (χ1v) is 9.36. The number of benzene rings is 1. The highest BCUT2D eigenvalue weighted by molar-refractivity contribution is 7.89. The topological polar surface area (TPSA) is 58.2 Å². The second kappa shape index (κ2) is 5.79. The van der Waals surface area contributed by atoms with E-state index in [1.54, 1.807) is 23.5 Å². The fourth-order valence-corrected chi connectivity index (χ4v) is 4.44. The average molecular weight is 322 g/mol. The van der Waals surface area contributed by atoms with Crippen LogP contribution in [-0.4, -0.2) is 14.5 Å². The maximum atomic E-state index is 12.4. The van der Waals surface area contributed by atoms with Gasteiger partial charge in [-0.2, -0.15) is 11.3 Å². The van der Waals surface area contributed by atoms with Crippen LogP contribution >= 0.6 is 11.3 Å². The molecule has 2 aromatic rings. The number of hydrogen-bond acceptors (Lipinski definition) is 4. The van der Waals surface area contributed by atoms with Crippen LogP contribution in [-0.2, 0) is 16.6 Å². The summed E-state index contributed by atoms with van der Waals surface area (Å²) in [5.74, 6) is 0. The summed E-state index contributed by atoms with van der Waals surface area (Å²) in [6, 6.07) is 7.17. The molecule has 4 nitrogen and oxygen atoms in total. The lowest BCUT2D eigenvalue weighted by Gasteiger charge is -2.13. The van der Waals surface area contributed by atoms with E-state index in [1.165, 1.54) is 11.1 Å². The Labute approximate surface area is 129 Å². The van der Waals surface area contributed by atoms with Crippen LogP contribution in [0.5, 0.6) is 0 Å². The zero-order valence-corrected chi connectivity index (χ0v) is 13.4. The lowest BCUT2D eigenvalue weighted by atomic mass is 10.2. The summed E-state index contributed by atoms with van der Waals surface area (Å²) in [7, 11) is -3.44. The molecule has 112 valence electrons. The number of rotatable bonds is 6. The lowest BCUT2D eigenvalue weighted by Crippen LogP contribution is -2.26. The summed E-state index contributed by atoms with van der Waals surface area (Å²) in [6.07, 6.45) is 1.87. The van der Waals surface area contributed by atoms with Crippen molar-refractivity contribution in [1.82, 2.24) is 4.72 Å². The molecule has 0 bridgehead atoms. The quantitative estimate of drug-likeness (QED) is 0.859. The molecule has 1 aliphatic rings. The Hall–Kier alpha value is -1.37. The summed E-state index contributed by atoms with van der Waals surface area (Å²) in [4.78, 5) is 0.324. The van der Waals surface area contributed by atoms with Gasteiger partial charge in [0.15, 0.2) is 0 Å². The van der Waals surface area contributed by atoms with Gasteiger partial charge in [-0.3, -0.25) is 0 Å². The van der Waals surface area contributed by atoms with Gasteiger partial charge in [-0.1, -0.05) is 12.1 Å². The standard InChI is InChI=1S/C15H18N2O2S2/c1-11-9-20-10-12(11)8-16-14-4-2-3-5-15(14)21(18,19)17-13-6-7-13/h2-5,9-10,13,16-17H,6-8H2,1H3. The minimum atomic E-state index is -3.44. The first kappa shape index (κ1) is 14.6. The van der Waals surface area contributed by atoms with Gasteiger partial charge in [-0.05, 0) is 53.8 Å². The average Bonchev–Trinajstić information content (AvgIpc) is 3.16. The van der Waals surface area contributed by atoms with Crippen LogP contribution in [0.4, 0.5) is 5.69 Å². The van der Waals surface area contributed by atoms with Gasteiger partial charge in [-0.15, -0.1) is 0 Å². The number of sulfonamides is 1. The third-order valence-corrected chi connectivity index (χ3v) is 6.00. The van der Waals surface area contributed by atoms with E-state index in [4.69, 9.17) is 0 Å². The van der Waals surface area contributed by atoms with Gasteiger partial charge in [-0.25, -0.2) is 13.1 Å². The van der Waals surface area contributed by atoms with Gasteiger partial charge in [0.05, 0.1) is 5.69 Å². The molecule has 1 fully saturated rings. The molecule has 1 aromatic carbocycles. The van der Waals surface area contributed by atoms with Crippen LogP contribution in [0.25, 0.3) is 0 Å². The second-order valence-corrected chi connectivity index (χ2v) is 7.75. The summed E-state index contributed by atoms with van der Waals surface area (Å²) < 4.78 is 27.5. The Morgan fingerprint density at radius 1 is 1.24 bits per heavy atom. The van der Waals surface area contributed by atoms with Crippen molar-refractivity contribution in [3.63, 3.8) is 0 Å². The van der Waals surface area contributed by atoms with Gasteiger partial charge < -0.3 is 5.32 Å². The molecule has 1 aliphatic carbocycles. The SMILES string of the molecule is Cc1cscc1CNc1ccccc1S(=O)(=O)NC1CC1. The summed E-state index contributed by atoms with van der Waals surface area (Å²) >= 11 is 1.66. The van der Waals surface area contributed by atoms with Crippen molar-refractivity contribution < 1.29 is 8.42 Å². The molecule has 0 amide bonds. The molecule has 0 atom stereocenters. The Morgan fingerprint density at radius 2 is 2.00 bits per heavy atom. The van der Waals surface area contributed by atoms with Crippen molar-refractivity contribution in [3.8, 4) is 0 Å². The Balaban J connectivity index is 1.80. The van der Waals surface area contributed by atoms with Crippen LogP contribution in [0.15, 0.2) is 39.9 Å². The van der Waals surface area contributed by atoms with Gasteiger partial charge in [0.2, 0.25) is 10.0 Å². The molecule has 1 aromatic heterocycles. The molecule has 6 heteroatoms. The Morgan fingerprint density at radius 3 is 2.67 bits per heavy atom. The molecular formula is C15H18N2O2S2. The number of thiophene rings is 1. The number of para-hydroxylation sites is 1. The van der Waals surface area contributed by atoms with Crippen LogP contribution in [0, 0.1) is 6.92 Å². The molecule has 0 radical (unpaired) electrons. The van der Waals surface area contributed by atoms with Crippen LogP contribution in [0.1, 0.15) is 24.0 Å². The van der Waals surface area contributed by atoms with E-state index in [1.807, 2.05) is 12.1 Å². The van der Waals surface area contributed by atoms with Crippen LogP contribution < -0.4 is 10.0 Å².